The summed E-state index contributed by atoms with van der Waals surface area (Å²) in [4.78, 5) is 12.8. The number of nitrogens with one attached hydrogen (secondary N) is 1. The third-order valence-electron chi connectivity index (χ3n) is 5.04. The molecule has 0 saturated heterocycles. The van der Waals surface area contributed by atoms with Gasteiger partial charge >= 0.3 is 0 Å². The maximum Gasteiger partial charge on any atom is 0.243 e. The minimum absolute atomic E-state index is 0.0587. The van der Waals surface area contributed by atoms with E-state index in [1.807, 2.05) is 32.9 Å². The number of hydrogen-bond acceptors (Lipinski definition) is 3. The van der Waals surface area contributed by atoms with Crippen molar-refractivity contribution >= 4 is 21.6 Å². The van der Waals surface area contributed by atoms with Crippen LogP contribution in [0.3, 0.4) is 0 Å². The van der Waals surface area contributed by atoms with Crippen molar-refractivity contribution in [2.45, 2.75) is 32.2 Å². The Labute approximate surface area is 182 Å². The van der Waals surface area contributed by atoms with Gasteiger partial charge in [-0.3, -0.25) is 4.79 Å². The molecule has 0 aromatic heterocycles. The van der Waals surface area contributed by atoms with Gasteiger partial charge in [0, 0.05) is 12.2 Å². The number of rotatable bonds is 7. The van der Waals surface area contributed by atoms with Crippen molar-refractivity contribution in [2.75, 3.05) is 11.9 Å². The van der Waals surface area contributed by atoms with Crippen LogP contribution in [-0.4, -0.2) is 25.2 Å². The summed E-state index contributed by atoms with van der Waals surface area (Å²) in [6, 6.07) is 17.5. The summed E-state index contributed by atoms with van der Waals surface area (Å²) in [5.41, 5.74) is 4.22. The maximum absolute atomic E-state index is 13.3. The lowest BCUT2D eigenvalue weighted by Crippen LogP contribution is -2.37. The summed E-state index contributed by atoms with van der Waals surface area (Å²) < 4.78 is 40.9. The normalized spacial score (nSPS) is 11.5. The van der Waals surface area contributed by atoms with Crippen LogP contribution in [-0.2, 0) is 21.4 Å². The highest BCUT2D eigenvalue weighted by Crippen LogP contribution is 2.20. The number of halogens is 1. The average molecular weight is 441 g/mol. The molecule has 7 heteroatoms. The van der Waals surface area contributed by atoms with Gasteiger partial charge in [0.1, 0.15) is 5.82 Å². The third-order valence-corrected chi connectivity index (χ3v) is 6.85. The molecule has 0 saturated carbocycles. The number of carbonyl (C=O) groups excluding carboxylic acids is 1. The fraction of sp³-hybridized carbons (Fsp3) is 0.208. The Kier molecular flexibility index (Phi) is 6.87. The van der Waals surface area contributed by atoms with Crippen LogP contribution in [0, 0.1) is 26.6 Å². The van der Waals surface area contributed by atoms with Gasteiger partial charge in [0.25, 0.3) is 0 Å². The Morgan fingerprint density at radius 2 is 1.55 bits per heavy atom. The molecule has 5 nitrogen and oxygen atoms in total. The van der Waals surface area contributed by atoms with Crippen molar-refractivity contribution in [2.24, 2.45) is 0 Å². The Hall–Kier alpha value is -3.03. The second kappa shape index (κ2) is 9.41. The summed E-state index contributed by atoms with van der Waals surface area (Å²) in [5.74, 6) is -0.870. The lowest BCUT2D eigenvalue weighted by molar-refractivity contribution is -0.116. The largest absolute Gasteiger partial charge is 0.325 e. The van der Waals surface area contributed by atoms with Gasteiger partial charge < -0.3 is 5.32 Å². The number of amides is 1. The first-order valence-corrected chi connectivity index (χ1v) is 11.3. The van der Waals surface area contributed by atoms with E-state index in [-0.39, 0.29) is 18.0 Å². The lowest BCUT2D eigenvalue weighted by Gasteiger charge is -2.22. The van der Waals surface area contributed by atoms with Crippen LogP contribution in [0.1, 0.15) is 22.3 Å². The third kappa shape index (κ3) is 5.77. The zero-order valence-electron chi connectivity index (χ0n) is 17.7. The molecule has 31 heavy (non-hydrogen) atoms. The maximum atomic E-state index is 13.3. The van der Waals surface area contributed by atoms with E-state index in [2.05, 4.69) is 5.32 Å². The molecular formula is C24H25FN2O3S. The summed E-state index contributed by atoms with van der Waals surface area (Å²) >= 11 is 0. The van der Waals surface area contributed by atoms with Crippen LogP contribution in [0.2, 0.25) is 0 Å². The first-order chi connectivity index (χ1) is 14.6. The molecule has 0 aliphatic heterocycles. The van der Waals surface area contributed by atoms with E-state index in [1.54, 1.807) is 18.2 Å². The quantitative estimate of drug-likeness (QED) is 0.585. The van der Waals surface area contributed by atoms with Crippen molar-refractivity contribution in [3.05, 3.63) is 94.8 Å². The number of hydrogen-bond donors (Lipinski definition) is 1. The predicted octanol–water partition coefficient (Wildman–Crippen LogP) is 4.58. The number of nitrogens with zero attached hydrogens (tertiary/aromatic N) is 1. The van der Waals surface area contributed by atoms with Crippen LogP contribution in [0.15, 0.2) is 71.6 Å². The van der Waals surface area contributed by atoms with Gasteiger partial charge in [-0.15, -0.1) is 0 Å². The number of carbonyl (C=O) groups is 1. The zero-order chi connectivity index (χ0) is 22.6. The van der Waals surface area contributed by atoms with Gasteiger partial charge in [0.05, 0.1) is 11.4 Å². The Bertz CT molecular complexity index is 1170. The molecule has 0 unspecified atom stereocenters. The highest BCUT2D eigenvalue weighted by atomic mass is 32.2. The summed E-state index contributed by atoms with van der Waals surface area (Å²) in [6.45, 7) is 5.34. The van der Waals surface area contributed by atoms with Crippen molar-refractivity contribution in [3.63, 3.8) is 0 Å². The van der Waals surface area contributed by atoms with E-state index in [0.717, 1.165) is 21.0 Å². The van der Waals surface area contributed by atoms with E-state index in [4.69, 9.17) is 0 Å². The van der Waals surface area contributed by atoms with Crippen LogP contribution in [0.5, 0.6) is 0 Å². The van der Waals surface area contributed by atoms with E-state index >= 15 is 0 Å². The van der Waals surface area contributed by atoms with Crippen LogP contribution in [0.4, 0.5) is 10.1 Å². The monoisotopic (exact) mass is 440 g/mol. The molecule has 0 atom stereocenters. The fourth-order valence-electron chi connectivity index (χ4n) is 3.06. The van der Waals surface area contributed by atoms with E-state index in [9.17, 15) is 17.6 Å². The molecule has 162 valence electrons. The van der Waals surface area contributed by atoms with Crippen LogP contribution in [0.25, 0.3) is 0 Å². The van der Waals surface area contributed by atoms with E-state index in [0.29, 0.717) is 11.3 Å². The summed E-state index contributed by atoms with van der Waals surface area (Å²) in [5, 5.41) is 2.76. The van der Waals surface area contributed by atoms with Crippen molar-refractivity contribution in [3.8, 4) is 0 Å². The topological polar surface area (TPSA) is 66.5 Å². The molecule has 0 fully saturated rings. The number of benzene rings is 3. The summed E-state index contributed by atoms with van der Waals surface area (Å²) in [6.07, 6.45) is 0. The smallest absolute Gasteiger partial charge is 0.243 e. The Morgan fingerprint density at radius 1 is 0.903 bits per heavy atom. The van der Waals surface area contributed by atoms with Crippen molar-refractivity contribution < 1.29 is 17.6 Å². The minimum atomic E-state index is -3.95. The predicted molar refractivity (Wildman–Crippen MR) is 120 cm³/mol. The average Bonchev–Trinajstić information content (AvgIpc) is 2.72. The minimum Gasteiger partial charge on any atom is -0.325 e. The number of aryl methyl sites for hydroxylation is 3. The molecule has 0 aliphatic rings. The van der Waals surface area contributed by atoms with Crippen molar-refractivity contribution in [1.29, 1.82) is 0 Å². The van der Waals surface area contributed by atoms with Gasteiger partial charge in [-0.2, -0.15) is 4.31 Å². The molecular weight excluding hydrogens is 415 g/mol. The first-order valence-electron chi connectivity index (χ1n) is 9.83. The lowest BCUT2D eigenvalue weighted by atomic mass is 10.1. The van der Waals surface area contributed by atoms with Gasteiger partial charge in [-0.25, -0.2) is 12.8 Å². The molecule has 0 spiro atoms. The molecule has 0 radical (unpaired) electrons. The Balaban J connectivity index is 1.87. The molecule has 3 aromatic rings. The Morgan fingerprint density at radius 3 is 2.16 bits per heavy atom. The summed E-state index contributed by atoms with van der Waals surface area (Å²) in [7, 11) is -3.95. The highest BCUT2D eigenvalue weighted by molar-refractivity contribution is 7.89. The van der Waals surface area contributed by atoms with Gasteiger partial charge in [0.15, 0.2) is 0 Å². The fourth-order valence-corrected chi connectivity index (χ4v) is 4.44. The second-order valence-corrected chi connectivity index (χ2v) is 9.50. The molecule has 1 amide bonds. The van der Waals surface area contributed by atoms with Crippen LogP contribution < -0.4 is 5.32 Å². The van der Waals surface area contributed by atoms with Crippen molar-refractivity contribution in [1.82, 2.24) is 4.31 Å². The highest BCUT2D eigenvalue weighted by Gasteiger charge is 2.27. The molecule has 0 aliphatic carbocycles. The molecule has 0 heterocycles. The van der Waals surface area contributed by atoms with Gasteiger partial charge in [-0.05, 0) is 73.9 Å². The molecule has 1 N–H and O–H groups in total. The second-order valence-electron chi connectivity index (χ2n) is 7.56. The number of anilines is 1. The molecule has 3 rings (SSSR count). The SMILES string of the molecule is Cc1ccc(S(=O)(=O)N(CC(=O)Nc2ccc(C)c(C)c2)Cc2ccc(F)cc2)cc1. The zero-order valence-corrected chi connectivity index (χ0v) is 18.5. The van der Waals surface area contributed by atoms with Gasteiger partial charge in [0.2, 0.25) is 15.9 Å². The van der Waals surface area contributed by atoms with Gasteiger partial charge in [-0.1, -0.05) is 35.9 Å². The van der Waals surface area contributed by atoms with E-state index in [1.165, 1.54) is 36.4 Å². The number of sulfonamides is 1. The van der Waals surface area contributed by atoms with E-state index < -0.39 is 21.7 Å². The molecule has 0 bridgehead atoms. The standard InChI is InChI=1S/C24H25FN2O3S/c1-17-4-12-23(13-5-17)31(29,30)27(15-20-7-9-21(25)10-8-20)16-24(28)26-22-11-6-18(2)19(3)14-22/h4-14H,15-16H2,1-3H3,(H,26,28). The molecule has 3 aromatic carbocycles. The van der Waals surface area contributed by atoms with Crippen LogP contribution >= 0.6 is 0 Å². The first kappa shape index (κ1) is 22.7.